The summed E-state index contributed by atoms with van der Waals surface area (Å²) in [4.78, 5) is 0. The molecule has 1 heteroatoms. The molecule has 26 heavy (non-hydrogen) atoms. The Labute approximate surface area is 167 Å². The van der Waals surface area contributed by atoms with E-state index < -0.39 is 0 Å². The molecule has 0 spiro atoms. The lowest BCUT2D eigenvalue weighted by atomic mass is 9.67. The molecule has 0 amide bonds. The predicted octanol–water partition coefficient (Wildman–Crippen LogP) is 8.37. The van der Waals surface area contributed by atoms with Crippen LogP contribution in [0.3, 0.4) is 0 Å². The van der Waals surface area contributed by atoms with E-state index >= 15 is 0 Å². The van der Waals surface area contributed by atoms with Gasteiger partial charge in [0.1, 0.15) is 0 Å². The van der Waals surface area contributed by atoms with Gasteiger partial charge in [-0.25, -0.2) is 0 Å². The summed E-state index contributed by atoms with van der Waals surface area (Å²) in [5, 5.41) is 3.96. The Kier molecular flexibility index (Phi) is 15.9. The molecule has 0 fully saturated rings. The lowest BCUT2D eigenvalue weighted by Crippen LogP contribution is -2.52. The quantitative estimate of drug-likeness (QED) is 0.256. The van der Waals surface area contributed by atoms with Crippen molar-refractivity contribution in [1.29, 1.82) is 0 Å². The predicted molar refractivity (Wildman–Crippen MR) is 121 cm³/mol. The SMILES string of the molecule is CCCCC(CC)CC(CC(CC)CCCC)(NC)C(CC)CCCC. The van der Waals surface area contributed by atoms with E-state index in [9.17, 15) is 0 Å². The molecule has 0 aliphatic heterocycles. The number of rotatable bonds is 18. The Bertz CT molecular complexity index is 281. The summed E-state index contributed by atoms with van der Waals surface area (Å²) >= 11 is 0. The van der Waals surface area contributed by atoms with Gasteiger partial charge in [-0.1, -0.05) is 112 Å². The monoisotopic (exact) mass is 367 g/mol. The number of nitrogens with one attached hydrogen (secondary N) is 1. The van der Waals surface area contributed by atoms with E-state index in [4.69, 9.17) is 0 Å². The Morgan fingerprint density at radius 3 is 1.35 bits per heavy atom. The lowest BCUT2D eigenvalue weighted by molar-refractivity contribution is 0.113. The Morgan fingerprint density at radius 1 is 0.615 bits per heavy atom. The third-order valence-corrected chi connectivity index (χ3v) is 7.07. The highest BCUT2D eigenvalue weighted by molar-refractivity contribution is 4.96. The van der Waals surface area contributed by atoms with Crippen molar-refractivity contribution >= 4 is 0 Å². The minimum absolute atomic E-state index is 0.354. The first-order valence-corrected chi connectivity index (χ1v) is 12.3. The maximum atomic E-state index is 3.96. The second kappa shape index (κ2) is 16.0. The highest BCUT2D eigenvalue weighted by Gasteiger charge is 2.39. The second-order valence-electron chi connectivity index (χ2n) is 8.89. The van der Waals surface area contributed by atoms with Crippen LogP contribution in [0.5, 0.6) is 0 Å². The molecule has 0 radical (unpaired) electrons. The molecule has 0 saturated carbocycles. The molecule has 0 aromatic carbocycles. The minimum Gasteiger partial charge on any atom is -0.314 e. The van der Waals surface area contributed by atoms with Crippen LogP contribution in [0.15, 0.2) is 0 Å². The van der Waals surface area contributed by atoms with E-state index in [0.29, 0.717) is 5.54 Å². The van der Waals surface area contributed by atoms with Gasteiger partial charge in [-0.3, -0.25) is 0 Å². The van der Waals surface area contributed by atoms with Crippen LogP contribution in [0.25, 0.3) is 0 Å². The van der Waals surface area contributed by atoms with Gasteiger partial charge < -0.3 is 5.32 Å². The topological polar surface area (TPSA) is 12.0 Å². The van der Waals surface area contributed by atoms with Crippen LogP contribution in [0.2, 0.25) is 0 Å². The van der Waals surface area contributed by atoms with Gasteiger partial charge in [0, 0.05) is 5.54 Å². The Balaban J connectivity index is 5.45. The van der Waals surface area contributed by atoms with Crippen LogP contribution in [-0.4, -0.2) is 12.6 Å². The fourth-order valence-corrected chi connectivity index (χ4v) is 5.06. The highest BCUT2D eigenvalue weighted by Crippen LogP contribution is 2.40. The van der Waals surface area contributed by atoms with Crippen LogP contribution >= 0.6 is 0 Å². The zero-order valence-corrected chi connectivity index (χ0v) is 19.6. The number of unbranched alkanes of at least 4 members (excludes halogenated alkanes) is 3. The second-order valence-corrected chi connectivity index (χ2v) is 8.89. The van der Waals surface area contributed by atoms with Gasteiger partial charge in [-0.2, -0.15) is 0 Å². The van der Waals surface area contributed by atoms with E-state index in [0.717, 1.165) is 17.8 Å². The third kappa shape index (κ3) is 9.25. The summed E-state index contributed by atoms with van der Waals surface area (Å²) < 4.78 is 0. The molecule has 0 aromatic rings. The van der Waals surface area contributed by atoms with Crippen molar-refractivity contribution in [3.8, 4) is 0 Å². The number of hydrogen-bond donors (Lipinski definition) is 1. The molecule has 0 saturated heterocycles. The van der Waals surface area contributed by atoms with E-state index in [-0.39, 0.29) is 0 Å². The largest absolute Gasteiger partial charge is 0.314 e. The van der Waals surface area contributed by atoms with E-state index in [1.54, 1.807) is 0 Å². The minimum atomic E-state index is 0.354. The first-order chi connectivity index (χ1) is 12.6. The molecule has 0 aliphatic carbocycles. The van der Waals surface area contributed by atoms with Crippen LogP contribution in [0, 0.1) is 17.8 Å². The molecule has 1 N–H and O–H groups in total. The Hall–Kier alpha value is -0.0400. The molecule has 0 bridgehead atoms. The summed E-state index contributed by atoms with van der Waals surface area (Å²) in [6.45, 7) is 14.3. The fraction of sp³-hybridized carbons (Fsp3) is 1.00. The highest BCUT2D eigenvalue weighted by atomic mass is 15.0. The first kappa shape index (κ1) is 26.0. The zero-order chi connectivity index (χ0) is 19.8. The Morgan fingerprint density at radius 2 is 1.04 bits per heavy atom. The molecule has 158 valence electrons. The zero-order valence-electron chi connectivity index (χ0n) is 19.6. The van der Waals surface area contributed by atoms with Crippen LogP contribution in [-0.2, 0) is 0 Å². The lowest BCUT2D eigenvalue weighted by Gasteiger charge is -2.45. The summed E-state index contributed by atoms with van der Waals surface area (Å²) in [5.74, 6) is 2.61. The van der Waals surface area contributed by atoms with Crippen molar-refractivity contribution in [3.63, 3.8) is 0 Å². The molecule has 0 rings (SSSR count). The fourth-order valence-electron chi connectivity index (χ4n) is 5.06. The van der Waals surface area contributed by atoms with Gasteiger partial charge in [0.05, 0.1) is 0 Å². The van der Waals surface area contributed by atoms with Crippen molar-refractivity contribution < 1.29 is 0 Å². The molecule has 3 unspecified atom stereocenters. The molecule has 0 aromatic heterocycles. The van der Waals surface area contributed by atoms with E-state index in [1.165, 1.54) is 89.9 Å². The molecular weight excluding hydrogens is 314 g/mol. The summed E-state index contributed by atoms with van der Waals surface area (Å²) in [7, 11) is 2.27. The van der Waals surface area contributed by atoms with Crippen molar-refractivity contribution in [2.75, 3.05) is 7.05 Å². The smallest absolute Gasteiger partial charge is 0.0211 e. The normalized spacial score (nSPS) is 17.7. The molecule has 0 aliphatic rings. The summed E-state index contributed by atoms with van der Waals surface area (Å²) in [6.07, 6.45) is 19.3. The van der Waals surface area contributed by atoms with Gasteiger partial charge in [0.25, 0.3) is 0 Å². The first-order valence-electron chi connectivity index (χ1n) is 12.3. The van der Waals surface area contributed by atoms with Crippen LogP contribution in [0.4, 0.5) is 0 Å². The van der Waals surface area contributed by atoms with Crippen LogP contribution in [0.1, 0.15) is 131 Å². The van der Waals surface area contributed by atoms with Gasteiger partial charge >= 0.3 is 0 Å². The summed E-state index contributed by atoms with van der Waals surface area (Å²) in [5.41, 5.74) is 0.354. The summed E-state index contributed by atoms with van der Waals surface area (Å²) in [6, 6.07) is 0. The van der Waals surface area contributed by atoms with Crippen molar-refractivity contribution in [2.24, 2.45) is 17.8 Å². The van der Waals surface area contributed by atoms with Crippen molar-refractivity contribution in [2.45, 2.75) is 137 Å². The molecule has 3 atom stereocenters. The van der Waals surface area contributed by atoms with Crippen LogP contribution < -0.4 is 5.32 Å². The maximum absolute atomic E-state index is 3.96. The van der Waals surface area contributed by atoms with Gasteiger partial charge in [0.2, 0.25) is 0 Å². The average molecular weight is 368 g/mol. The van der Waals surface area contributed by atoms with Gasteiger partial charge in [-0.15, -0.1) is 0 Å². The standard InChI is InChI=1S/C25H53N/c1-8-14-17-22(11-4)20-25(26-7,24(13-6)19-16-10-3)21-23(12-5)18-15-9-2/h22-24,26H,8-21H2,1-7H3. The van der Waals surface area contributed by atoms with E-state index in [1.807, 2.05) is 0 Å². The van der Waals surface area contributed by atoms with Crippen molar-refractivity contribution in [3.05, 3.63) is 0 Å². The third-order valence-electron chi connectivity index (χ3n) is 7.07. The van der Waals surface area contributed by atoms with Gasteiger partial charge in [-0.05, 0) is 44.1 Å². The molecular formula is C25H53N. The van der Waals surface area contributed by atoms with Crippen molar-refractivity contribution in [1.82, 2.24) is 5.32 Å². The number of hydrogen-bond acceptors (Lipinski definition) is 1. The molecule has 1 nitrogen and oxygen atoms in total. The van der Waals surface area contributed by atoms with Gasteiger partial charge in [0.15, 0.2) is 0 Å². The van der Waals surface area contributed by atoms with E-state index in [2.05, 4.69) is 53.9 Å². The maximum Gasteiger partial charge on any atom is 0.0211 e. The average Bonchev–Trinajstić information content (AvgIpc) is 2.68. The molecule has 0 heterocycles.